The highest BCUT2D eigenvalue weighted by Gasteiger charge is 2.53. The lowest BCUT2D eigenvalue weighted by Gasteiger charge is -2.36. The molecule has 2 aliphatic heterocycles. The zero-order valence-electron chi connectivity index (χ0n) is 19.6. The molecule has 0 aliphatic carbocycles. The van der Waals surface area contributed by atoms with E-state index in [2.05, 4.69) is 0 Å². The van der Waals surface area contributed by atoms with Gasteiger partial charge in [-0.05, 0) is 64.4 Å². The summed E-state index contributed by atoms with van der Waals surface area (Å²) in [5, 5.41) is 31.2. The van der Waals surface area contributed by atoms with E-state index in [1.165, 1.54) is 24.3 Å². The number of phenolic OH excluding ortho intramolecular Hbond substituents is 2. The summed E-state index contributed by atoms with van der Waals surface area (Å²) in [6.45, 7) is 0. The summed E-state index contributed by atoms with van der Waals surface area (Å²) in [5.41, 5.74) is 2.59. The van der Waals surface area contributed by atoms with E-state index in [4.69, 9.17) is 9.47 Å². The molecule has 0 aromatic heterocycles. The first-order valence-corrected chi connectivity index (χ1v) is 11.8. The number of carboxylic acid groups (broad SMARTS) is 1. The summed E-state index contributed by atoms with van der Waals surface area (Å²) < 4.78 is 12.2. The number of rotatable bonds is 2. The van der Waals surface area contributed by atoms with Crippen molar-refractivity contribution >= 4 is 22.7 Å². The molecule has 5 aromatic carbocycles. The molecule has 0 unspecified atom stereocenters. The number of aromatic hydroxyl groups is 2. The number of hydrogen-bond donors (Lipinski definition) is 3. The van der Waals surface area contributed by atoms with Crippen LogP contribution in [0.2, 0.25) is 0 Å². The second kappa shape index (κ2) is 7.60. The Balaban J connectivity index is 1.45. The Bertz CT molecular complexity index is 1800. The van der Waals surface area contributed by atoms with Gasteiger partial charge < -0.3 is 24.8 Å². The van der Waals surface area contributed by atoms with Gasteiger partial charge in [0.25, 0.3) is 0 Å². The molecule has 5 aromatic rings. The molecule has 7 nitrogen and oxygen atoms in total. The van der Waals surface area contributed by atoms with E-state index in [0.717, 1.165) is 21.9 Å². The topological polar surface area (TPSA) is 113 Å². The van der Waals surface area contributed by atoms with Crippen molar-refractivity contribution in [1.82, 2.24) is 0 Å². The first-order chi connectivity index (χ1) is 18.3. The van der Waals surface area contributed by atoms with E-state index >= 15 is 0 Å². The Morgan fingerprint density at radius 2 is 1.39 bits per heavy atom. The number of carbonyl (C=O) groups excluding carboxylic acids is 1. The van der Waals surface area contributed by atoms with Gasteiger partial charge in [-0.1, -0.05) is 36.4 Å². The third-order valence-corrected chi connectivity index (χ3v) is 7.21. The predicted octanol–water partition coefficient (Wildman–Crippen LogP) is 6.18. The summed E-state index contributed by atoms with van der Waals surface area (Å²) in [6.07, 6.45) is 0. The molecule has 7 heteroatoms. The smallest absolute Gasteiger partial charge is 0.340 e. The van der Waals surface area contributed by atoms with Gasteiger partial charge in [0.05, 0.1) is 11.1 Å². The lowest BCUT2D eigenvalue weighted by Crippen LogP contribution is -2.32. The summed E-state index contributed by atoms with van der Waals surface area (Å²) in [6, 6.07) is 25.4. The number of fused-ring (bicyclic) bond motifs is 7. The molecule has 0 bridgehead atoms. The number of hydrogen-bond acceptors (Lipinski definition) is 6. The molecule has 0 saturated heterocycles. The van der Waals surface area contributed by atoms with Crippen molar-refractivity contribution in [1.29, 1.82) is 0 Å². The maximum atomic E-state index is 13.4. The van der Waals surface area contributed by atoms with E-state index in [1.54, 1.807) is 36.4 Å². The van der Waals surface area contributed by atoms with Crippen LogP contribution in [0.15, 0.2) is 91.0 Å². The normalized spacial score (nSPS) is 14.4. The molecule has 0 atom stereocenters. The van der Waals surface area contributed by atoms with Gasteiger partial charge in [-0.25, -0.2) is 9.59 Å². The minimum atomic E-state index is -1.33. The van der Waals surface area contributed by atoms with E-state index in [9.17, 15) is 24.9 Å². The molecular weight excluding hydrogens is 484 g/mol. The van der Waals surface area contributed by atoms with Crippen molar-refractivity contribution in [2.45, 2.75) is 5.60 Å². The largest absolute Gasteiger partial charge is 0.508 e. The van der Waals surface area contributed by atoms with Crippen LogP contribution in [0.5, 0.6) is 23.0 Å². The molecule has 7 rings (SSSR count). The molecule has 2 heterocycles. The zero-order valence-corrected chi connectivity index (χ0v) is 19.6. The number of carbonyl (C=O) groups is 2. The fourth-order valence-corrected chi connectivity index (χ4v) is 5.54. The molecule has 3 N–H and O–H groups in total. The highest BCUT2D eigenvalue weighted by molar-refractivity contribution is 6.03. The minimum absolute atomic E-state index is 0.00981. The van der Waals surface area contributed by atoms with Crippen LogP contribution in [0.3, 0.4) is 0 Å². The van der Waals surface area contributed by atoms with E-state index < -0.39 is 17.5 Å². The number of esters is 1. The highest BCUT2D eigenvalue weighted by atomic mass is 16.6. The Labute approximate surface area is 215 Å². The first kappa shape index (κ1) is 21.9. The van der Waals surface area contributed by atoms with Crippen molar-refractivity contribution in [3.63, 3.8) is 0 Å². The average molecular weight is 502 g/mol. The van der Waals surface area contributed by atoms with Gasteiger partial charge in [0.15, 0.2) is 5.60 Å². The lowest BCUT2D eigenvalue weighted by atomic mass is 9.77. The molecule has 2 aliphatic rings. The molecule has 184 valence electrons. The van der Waals surface area contributed by atoms with Crippen molar-refractivity contribution in [2.24, 2.45) is 0 Å². The van der Waals surface area contributed by atoms with Crippen LogP contribution in [0.1, 0.15) is 37.4 Å². The Morgan fingerprint density at radius 3 is 2.08 bits per heavy atom. The molecule has 38 heavy (non-hydrogen) atoms. The summed E-state index contributed by atoms with van der Waals surface area (Å²) in [4.78, 5) is 24.9. The Hall–Kier alpha value is -5.30. The predicted molar refractivity (Wildman–Crippen MR) is 138 cm³/mol. The van der Waals surface area contributed by atoms with Crippen LogP contribution in [-0.4, -0.2) is 27.3 Å². The van der Waals surface area contributed by atoms with Gasteiger partial charge in [0.1, 0.15) is 23.0 Å². The molecule has 0 radical (unpaired) electrons. The number of benzene rings is 5. The minimum Gasteiger partial charge on any atom is -0.508 e. The lowest BCUT2D eigenvalue weighted by molar-refractivity contribution is 0.0224. The van der Waals surface area contributed by atoms with Crippen molar-refractivity contribution in [2.75, 3.05) is 0 Å². The average Bonchev–Trinajstić information content (AvgIpc) is 3.19. The van der Waals surface area contributed by atoms with Crippen molar-refractivity contribution in [3.05, 3.63) is 119 Å². The van der Waals surface area contributed by atoms with Gasteiger partial charge in [0, 0.05) is 28.8 Å². The monoisotopic (exact) mass is 502 g/mol. The van der Waals surface area contributed by atoms with Crippen LogP contribution in [0, 0.1) is 0 Å². The first-order valence-electron chi connectivity index (χ1n) is 11.8. The van der Waals surface area contributed by atoms with Gasteiger partial charge in [0.2, 0.25) is 0 Å². The fraction of sp³-hybridized carbons (Fsp3) is 0.0323. The van der Waals surface area contributed by atoms with E-state index in [0.29, 0.717) is 33.8 Å². The van der Waals surface area contributed by atoms with Crippen LogP contribution < -0.4 is 4.74 Å². The van der Waals surface area contributed by atoms with Gasteiger partial charge in [-0.3, -0.25) is 0 Å². The number of ether oxygens (including phenoxy) is 2. The molecule has 0 fully saturated rings. The van der Waals surface area contributed by atoms with Crippen LogP contribution in [-0.2, 0) is 10.3 Å². The number of aromatic carboxylic acids is 1. The number of carboxylic acids is 1. The van der Waals surface area contributed by atoms with Crippen molar-refractivity contribution < 1.29 is 34.4 Å². The van der Waals surface area contributed by atoms with E-state index in [-0.39, 0.29) is 17.1 Å². The quantitative estimate of drug-likeness (QED) is 0.247. The summed E-state index contributed by atoms with van der Waals surface area (Å²) in [5.74, 6) is -0.905. The van der Waals surface area contributed by atoms with Crippen LogP contribution in [0.25, 0.3) is 21.9 Å². The van der Waals surface area contributed by atoms with Gasteiger partial charge in [-0.15, -0.1) is 0 Å². The Kier molecular flexibility index (Phi) is 4.39. The fourth-order valence-electron chi connectivity index (χ4n) is 5.54. The second-order valence-electron chi connectivity index (χ2n) is 9.34. The molecule has 0 amide bonds. The SMILES string of the molecule is O=C(O)c1ccc2c(-c3ccc4c(c3)C(=O)OC43c4ccc(O)cc4Oc4cc(O)ccc43)cccc2c1. The maximum Gasteiger partial charge on any atom is 0.340 e. The van der Waals surface area contributed by atoms with Crippen molar-refractivity contribution in [3.8, 4) is 34.1 Å². The van der Waals surface area contributed by atoms with Crippen LogP contribution in [0.4, 0.5) is 0 Å². The molecular formula is C31H18O7. The molecule has 0 saturated carbocycles. The number of phenols is 2. The van der Waals surface area contributed by atoms with E-state index in [1.807, 2.05) is 30.3 Å². The van der Waals surface area contributed by atoms with Gasteiger partial charge in [-0.2, -0.15) is 0 Å². The zero-order chi connectivity index (χ0) is 26.2. The third kappa shape index (κ3) is 2.96. The van der Waals surface area contributed by atoms with Gasteiger partial charge >= 0.3 is 11.9 Å². The molecule has 1 spiro atoms. The second-order valence-corrected chi connectivity index (χ2v) is 9.34. The van der Waals surface area contributed by atoms with Crippen LogP contribution >= 0.6 is 0 Å². The third-order valence-electron chi connectivity index (χ3n) is 7.21. The Morgan fingerprint density at radius 1 is 0.711 bits per heavy atom. The maximum absolute atomic E-state index is 13.4. The summed E-state index contributed by atoms with van der Waals surface area (Å²) in [7, 11) is 0. The summed E-state index contributed by atoms with van der Waals surface area (Å²) >= 11 is 0. The highest BCUT2D eigenvalue weighted by Crippen LogP contribution is 2.57. The standard InChI is InChI=1S/C31H18O7/c32-19-6-10-25-27(14-19)37-28-15-20(33)7-11-26(28)31(25)24-9-5-17(13-23(24)30(36)38-31)21-3-1-2-16-12-18(29(34)35)4-8-22(16)21/h1-15,32-33H,(H,34,35).